The van der Waals surface area contributed by atoms with E-state index in [1.165, 1.54) is 0 Å². The first-order valence-electron chi connectivity index (χ1n) is 9.69. The topological polar surface area (TPSA) is 84.5 Å². The lowest BCUT2D eigenvalue weighted by Crippen LogP contribution is -2.54. The second-order valence-corrected chi connectivity index (χ2v) is 8.08. The summed E-state index contributed by atoms with van der Waals surface area (Å²) in [6.45, 7) is 3.96. The van der Waals surface area contributed by atoms with Crippen molar-refractivity contribution >= 4 is 17.6 Å². The molecule has 2 fully saturated rings. The molecular formula is C21H28N2O4. The van der Waals surface area contributed by atoms with Crippen LogP contribution in [0.4, 0.5) is 0 Å². The maximum Gasteiger partial charge on any atom is 0.251 e. The molecule has 6 heteroatoms. The van der Waals surface area contributed by atoms with E-state index in [-0.39, 0.29) is 35.7 Å². The normalized spacial score (nSPS) is 25.2. The summed E-state index contributed by atoms with van der Waals surface area (Å²) >= 11 is 0. The number of amides is 2. The van der Waals surface area contributed by atoms with Gasteiger partial charge in [-0.3, -0.25) is 14.4 Å². The Hall–Kier alpha value is -2.21. The van der Waals surface area contributed by atoms with Crippen molar-refractivity contribution in [3.63, 3.8) is 0 Å². The van der Waals surface area contributed by atoms with Crippen LogP contribution < -0.4 is 10.6 Å². The van der Waals surface area contributed by atoms with Crippen LogP contribution in [0.5, 0.6) is 0 Å². The Morgan fingerprint density at radius 3 is 2.48 bits per heavy atom. The van der Waals surface area contributed by atoms with Gasteiger partial charge in [0, 0.05) is 5.56 Å². The van der Waals surface area contributed by atoms with Crippen LogP contribution in [-0.4, -0.2) is 42.4 Å². The Kier molecular flexibility index (Phi) is 5.95. The first-order chi connectivity index (χ1) is 12.9. The van der Waals surface area contributed by atoms with Crippen molar-refractivity contribution in [3.8, 4) is 0 Å². The van der Waals surface area contributed by atoms with Gasteiger partial charge in [-0.05, 0) is 43.7 Å². The molecular weight excluding hydrogens is 344 g/mol. The third-order valence-electron chi connectivity index (χ3n) is 5.77. The first-order valence-corrected chi connectivity index (χ1v) is 9.69. The van der Waals surface area contributed by atoms with E-state index in [1.54, 1.807) is 31.2 Å². The maximum atomic E-state index is 13.0. The van der Waals surface area contributed by atoms with Gasteiger partial charge in [0.2, 0.25) is 5.91 Å². The predicted octanol–water partition coefficient (Wildman–Crippen LogP) is 2.23. The quantitative estimate of drug-likeness (QED) is 0.802. The number of carbonyl (C=O) groups excluding carboxylic acids is 3. The monoisotopic (exact) mass is 372 g/mol. The van der Waals surface area contributed by atoms with Crippen molar-refractivity contribution in [2.75, 3.05) is 6.61 Å². The Labute approximate surface area is 160 Å². The van der Waals surface area contributed by atoms with E-state index in [4.69, 9.17) is 4.74 Å². The van der Waals surface area contributed by atoms with E-state index in [0.717, 1.165) is 25.7 Å². The molecule has 1 aliphatic carbocycles. The lowest BCUT2D eigenvalue weighted by atomic mass is 9.81. The molecule has 2 aliphatic rings. The number of benzene rings is 1. The molecule has 27 heavy (non-hydrogen) atoms. The lowest BCUT2D eigenvalue weighted by Gasteiger charge is -2.30. The SMILES string of the molecule is C[C@@H]1OCC(=O)[C@H]1NC(=O)[C@H](CC1(C)CCCC1)NC(=O)c1ccccc1. The van der Waals surface area contributed by atoms with Crippen molar-refractivity contribution in [2.24, 2.45) is 5.41 Å². The molecule has 1 heterocycles. The molecule has 1 saturated carbocycles. The van der Waals surface area contributed by atoms with E-state index in [0.29, 0.717) is 12.0 Å². The summed E-state index contributed by atoms with van der Waals surface area (Å²) in [6.07, 6.45) is 4.58. The number of Topliss-reactive ketones (excluding diaryl/α,β-unsaturated/α-hetero) is 1. The average molecular weight is 372 g/mol. The number of ether oxygens (including phenoxy) is 1. The standard InChI is InChI=1S/C21H28N2O4/c1-14-18(17(24)13-27-14)23-20(26)16(12-21(2)10-6-7-11-21)22-19(25)15-8-4-3-5-9-15/h3-5,8-9,14,16,18H,6-7,10-13H2,1-2H3,(H,22,25)(H,23,26)/t14-,16-,18-/m0/s1. The molecule has 0 unspecified atom stereocenters. The van der Waals surface area contributed by atoms with E-state index in [1.807, 2.05) is 6.07 Å². The van der Waals surface area contributed by atoms with Crippen molar-refractivity contribution in [2.45, 2.75) is 64.1 Å². The molecule has 0 aromatic heterocycles. The van der Waals surface area contributed by atoms with Gasteiger partial charge in [-0.1, -0.05) is 38.0 Å². The highest BCUT2D eigenvalue weighted by molar-refractivity contribution is 5.98. The number of ketones is 1. The van der Waals surface area contributed by atoms with Gasteiger partial charge in [0.15, 0.2) is 5.78 Å². The van der Waals surface area contributed by atoms with Gasteiger partial charge in [-0.2, -0.15) is 0 Å². The summed E-state index contributed by atoms with van der Waals surface area (Å²) in [5.74, 6) is -0.724. The molecule has 1 saturated heterocycles. The zero-order chi connectivity index (χ0) is 19.4. The number of rotatable bonds is 6. The van der Waals surface area contributed by atoms with Crippen LogP contribution in [0.15, 0.2) is 30.3 Å². The molecule has 1 aliphatic heterocycles. The summed E-state index contributed by atoms with van der Waals surface area (Å²) < 4.78 is 5.31. The fourth-order valence-electron chi connectivity index (χ4n) is 4.08. The minimum absolute atomic E-state index is 0.0187. The molecule has 3 atom stereocenters. The van der Waals surface area contributed by atoms with E-state index in [9.17, 15) is 14.4 Å². The highest BCUT2D eigenvalue weighted by Gasteiger charge is 2.39. The molecule has 146 valence electrons. The second-order valence-electron chi connectivity index (χ2n) is 8.08. The minimum atomic E-state index is -0.679. The smallest absolute Gasteiger partial charge is 0.251 e. The van der Waals surface area contributed by atoms with Crippen LogP contribution in [0.25, 0.3) is 0 Å². The Morgan fingerprint density at radius 1 is 1.22 bits per heavy atom. The van der Waals surface area contributed by atoms with E-state index < -0.39 is 12.1 Å². The van der Waals surface area contributed by atoms with Crippen LogP contribution in [0, 0.1) is 5.41 Å². The number of carbonyl (C=O) groups is 3. The van der Waals surface area contributed by atoms with Gasteiger partial charge in [0.05, 0.1) is 6.10 Å². The van der Waals surface area contributed by atoms with Crippen molar-refractivity contribution in [1.82, 2.24) is 10.6 Å². The molecule has 3 rings (SSSR count). The molecule has 2 N–H and O–H groups in total. The fraction of sp³-hybridized carbons (Fsp3) is 0.571. The zero-order valence-electron chi connectivity index (χ0n) is 16.0. The third-order valence-corrected chi connectivity index (χ3v) is 5.77. The minimum Gasteiger partial charge on any atom is -0.368 e. The van der Waals surface area contributed by atoms with Gasteiger partial charge in [0.1, 0.15) is 18.7 Å². The van der Waals surface area contributed by atoms with Crippen molar-refractivity contribution in [1.29, 1.82) is 0 Å². The van der Waals surface area contributed by atoms with E-state index >= 15 is 0 Å². The van der Waals surface area contributed by atoms with Gasteiger partial charge in [-0.25, -0.2) is 0 Å². The number of nitrogens with one attached hydrogen (secondary N) is 2. The highest BCUT2D eigenvalue weighted by atomic mass is 16.5. The van der Waals surface area contributed by atoms with Crippen LogP contribution in [0.2, 0.25) is 0 Å². The lowest BCUT2D eigenvalue weighted by molar-refractivity contribution is -0.128. The van der Waals surface area contributed by atoms with Crippen molar-refractivity contribution in [3.05, 3.63) is 35.9 Å². The zero-order valence-corrected chi connectivity index (χ0v) is 16.0. The molecule has 0 bridgehead atoms. The number of hydrogen-bond acceptors (Lipinski definition) is 4. The molecule has 0 radical (unpaired) electrons. The fourth-order valence-corrected chi connectivity index (χ4v) is 4.08. The summed E-state index contributed by atoms with van der Waals surface area (Å²) in [4.78, 5) is 37.5. The molecule has 2 amide bonds. The predicted molar refractivity (Wildman–Crippen MR) is 101 cm³/mol. The highest BCUT2D eigenvalue weighted by Crippen LogP contribution is 2.41. The largest absolute Gasteiger partial charge is 0.368 e. The summed E-state index contributed by atoms with van der Waals surface area (Å²) in [6, 6.07) is 7.53. The summed E-state index contributed by atoms with van der Waals surface area (Å²) in [7, 11) is 0. The Morgan fingerprint density at radius 2 is 1.89 bits per heavy atom. The van der Waals surface area contributed by atoms with Gasteiger partial charge in [-0.15, -0.1) is 0 Å². The van der Waals surface area contributed by atoms with Crippen LogP contribution in [0.3, 0.4) is 0 Å². The third kappa shape index (κ3) is 4.75. The first kappa shape index (κ1) is 19.5. The molecule has 1 aromatic carbocycles. The van der Waals surface area contributed by atoms with Crippen molar-refractivity contribution < 1.29 is 19.1 Å². The van der Waals surface area contributed by atoms with Gasteiger partial charge < -0.3 is 15.4 Å². The Balaban J connectivity index is 1.73. The van der Waals surface area contributed by atoms with Gasteiger partial charge in [0.25, 0.3) is 5.91 Å². The maximum absolute atomic E-state index is 13.0. The Bertz CT molecular complexity index is 697. The summed E-state index contributed by atoms with van der Waals surface area (Å²) in [5.41, 5.74) is 0.536. The van der Waals surface area contributed by atoms with Crippen LogP contribution in [-0.2, 0) is 14.3 Å². The molecule has 1 aromatic rings. The number of hydrogen-bond donors (Lipinski definition) is 2. The molecule has 0 spiro atoms. The second kappa shape index (κ2) is 8.21. The summed E-state index contributed by atoms with van der Waals surface area (Å²) in [5, 5.41) is 5.68. The average Bonchev–Trinajstić information content (AvgIpc) is 3.22. The van der Waals surface area contributed by atoms with Crippen LogP contribution in [0.1, 0.15) is 56.3 Å². The molecule has 6 nitrogen and oxygen atoms in total. The van der Waals surface area contributed by atoms with Crippen LogP contribution >= 0.6 is 0 Å². The van der Waals surface area contributed by atoms with Gasteiger partial charge >= 0.3 is 0 Å². The van der Waals surface area contributed by atoms with E-state index in [2.05, 4.69) is 17.6 Å².